The lowest BCUT2D eigenvalue weighted by Crippen LogP contribution is -2.49. The molecule has 160 valence electrons. The van der Waals surface area contributed by atoms with Crippen molar-refractivity contribution in [2.45, 2.75) is 12.5 Å². The number of nitrogens with zero attached hydrogens (tertiary/aromatic N) is 3. The summed E-state index contributed by atoms with van der Waals surface area (Å²) < 4.78 is 0. The standard InChI is InChI=1S/C22H24N4OS.2ClH/c27-22(26-10-7-16(15-26)25-11-8-23-9-12-25)18-14-20(21-6-3-13-28-21)24-19-5-2-1-4-17(18)19;;/h1-6,13-14,16,23H,7-12,15H2;2*1H. The minimum atomic E-state index is 0. The van der Waals surface area contributed by atoms with Crippen LogP contribution in [0.25, 0.3) is 21.5 Å². The second-order valence-electron chi connectivity index (χ2n) is 7.53. The van der Waals surface area contributed by atoms with Gasteiger partial charge >= 0.3 is 0 Å². The quantitative estimate of drug-likeness (QED) is 0.637. The van der Waals surface area contributed by atoms with Crippen LogP contribution in [0.15, 0.2) is 47.8 Å². The molecule has 2 aromatic heterocycles. The first kappa shape index (κ1) is 23.0. The number of carbonyl (C=O) groups excluding carboxylic acids is 1. The summed E-state index contributed by atoms with van der Waals surface area (Å²) in [7, 11) is 0. The zero-order valence-corrected chi connectivity index (χ0v) is 19.1. The van der Waals surface area contributed by atoms with Crippen LogP contribution in [-0.2, 0) is 0 Å². The van der Waals surface area contributed by atoms with Crippen LogP contribution in [0.3, 0.4) is 0 Å². The lowest BCUT2D eigenvalue weighted by atomic mass is 10.1. The molecular weight excluding hydrogens is 439 g/mol. The molecule has 1 N–H and O–H groups in total. The smallest absolute Gasteiger partial charge is 0.254 e. The first-order valence-electron chi connectivity index (χ1n) is 9.97. The Bertz CT molecular complexity index is 992. The summed E-state index contributed by atoms with van der Waals surface area (Å²) in [6.45, 7) is 5.90. The Morgan fingerprint density at radius 3 is 2.63 bits per heavy atom. The maximum Gasteiger partial charge on any atom is 0.254 e. The second kappa shape index (κ2) is 10.1. The number of piperazine rings is 1. The molecule has 2 fully saturated rings. The zero-order valence-electron chi connectivity index (χ0n) is 16.6. The van der Waals surface area contributed by atoms with Crippen LogP contribution in [0.1, 0.15) is 16.8 Å². The van der Waals surface area contributed by atoms with Crippen LogP contribution in [0.2, 0.25) is 0 Å². The maximum absolute atomic E-state index is 13.5. The number of pyridine rings is 1. The van der Waals surface area contributed by atoms with E-state index in [-0.39, 0.29) is 30.7 Å². The molecule has 2 saturated heterocycles. The fourth-order valence-corrected chi connectivity index (χ4v) is 5.03. The van der Waals surface area contributed by atoms with Crippen molar-refractivity contribution in [3.8, 4) is 10.6 Å². The van der Waals surface area contributed by atoms with E-state index in [2.05, 4.69) is 16.3 Å². The molecule has 8 heteroatoms. The average molecular weight is 465 g/mol. The number of thiophene rings is 1. The van der Waals surface area contributed by atoms with E-state index in [0.29, 0.717) is 6.04 Å². The predicted molar refractivity (Wildman–Crippen MR) is 128 cm³/mol. The van der Waals surface area contributed by atoms with Gasteiger partial charge in [-0.05, 0) is 30.0 Å². The lowest BCUT2D eigenvalue weighted by Gasteiger charge is -2.32. The van der Waals surface area contributed by atoms with E-state index in [1.54, 1.807) is 11.3 Å². The highest BCUT2D eigenvalue weighted by Crippen LogP contribution is 2.29. The normalized spacial score (nSPS) is 19.3. The van der Waals surface area contributed by atoms with Crippen molar-refractivity contribution in [3.05, 3.63) is 53.4 Å². The van der Waals surface area contributed by atoms with E-state index < -0.39 is 0 Å². The third-order valence-corrected chi connectivity index (χ3v) is 6.73. The number of hydrogen-bond acceptors (Lipinski definition) is 5. The van der Waals surface area contributed by atoms with Crippen molar-refractivity contribution < 1.29 is 4.79 Å². The van der Waals surface area contributed by atoms with Crippen molar-refractivity contribution in [2.24, 2.45) is 0 Å². The number of halogens is 2. The minimum Gasteiger partial charge on any atom is -0.337 e. The predicted octanol–water partition coefficient (Wildman–Crippen LogP) is 3.93. The molecule has 0 radical (unpaired) electrons. The summed E-state index contributed by atoms with van der Waals surface area (Å²) >= 11 is 1.66. The Labute approximate surface area is 193 Å². The summed E-state index contributed by atoms with van der Waals surface area (Å²) in [5.41, 5.74) is 2.54. The monoisotopic (exact) mass is 464 g/mol. The van der Waals surface area contributed by atoms with Gasteiger partial charge in [0, 0.05) is 50.7 Å². The van der Waals surface area contributed by atoms with Gasteiger partial charge in [0.25, 0.3) is 5.91 Å². The molecule has 1 aromatic carbocycles. The van der Waals surface area contributed by atoms with Gasteiger partial charge in [0.2, 0.25) is 0 Å². The first-order valence-corrected chi connectivity index (χ1v) is 10.9. The SMILES string of the molecule is Cl.Cl.O=C(c1cc(-c2cccs2)nc2ccccc12)N1CCC(N2CCNCC2)C1. The molecule has 5 rings (SSSR count). The molecule has 0 spiro atoms. The van der Waals surface area contributed by atoms with Gasteiger partial charge < -0.3 is 10.2 Å². The van der Waals surface area contributed by atoms with Gasteiger partial charge in [-0.2, -0.15) is 0 Å². The van der Waals surface area contributed by atoms with Crippen LogP contribution >= 0.6 is 36.2 Å². The molecule has 5 nitrogen and oxygen atoms in total. The van der Waals surface area contributed by atoms with Crippen molar-refractivity contribution in [3.63, 3.8) is 0 Å². The van der Waals surface area contributed by atoms with Gasteiger partial charge in [0.1, 0.15) is 0 Å². The van der Waals surface area contributed by atoms with Crippen molar-refractivity contribution in [1.82, 2.24) is 20.1 Å². The molecule has 30 heavy (non-hydrogen) atoms. The topological polar surface area (TPSA) is 48.5 Å². The highest BCUT2D eigenvalue weighted by molar-refractivity contribution is 7.13. The van der Waals surface area contributed by atoms with Crippen LogP contribution in [0, 0.1) is 0 Å². The first-order chi connectivity index (χ1) is 13.8. The maximum atomic E-state index is 13.5. The van der Waals surface area contributed by atoms with E-state index in [4.69, 9.17) is 4.98 Å². The molecule has 0 aliphatic carbocycles. The fourth-order valence-electron chi connectivity index (χ4n) is 4.34. The zero-order chi connectivity index (χ0) is 18.9. The van der Waals surface area contributed by atoms with Crippen molar-refractivity contribution in [1.29, 1.82) is 0 Å². The molecular formula is C22H26Cl2N4OS. The number of benzene rings is 1. The number of rotatable bonds is 3. The van der Waals surface area contributed by atoms with E-state index in [1.807, 2.05) is 46.7 Å². The molecule has 0 bridgehead atoms. The van der Waals surface area contributed by atoms with Gasteiger partial charge in [-0.25, -0.2) is 4.98 Å². The van der Waals surface area contributed by atoms with Crippen molar-refractivity contribution in [2.75, 3.05) is 39.3 Å². The van der Waals surface area contributed by atoms with Crippen LogP contribution in [-0.4, -0.2) is 66.0 Å². The fraction of sp³-hybridized carbons (Fsp3) is 0.364. The Morgan fingerprint density at radius 2 is 1.87 bits per heavy atom. The number of amides is 1. The number of carbonyl (C=O) groups is 1. The largest absolute Gasteiger partial charge is 0.337 e. The molecule has 1 unspecified atom stereocenters. The van der Waals surface area contributed by atoms with Crippen LogP contribution in [0.5, 0.6) is 0 Å². The van der Waals surface area contributed by atoms with Gasteiger partial charge in [-0.3, -0.25) is 9.69 Å². The molecule has 1 atom stereocenters. The van der Waals surface area contributed by atoms with Gasteiger partial charge in [0.05, 0.1) is 21.7 Å². The van der Waals surface area contributed by atoms with E-state index in [0.717, 1.165) is 72.7 Å². The molecule has 1 amide bonds. The Balaban J connectivity index is 0.00000128. The summed E-state index contributed by atoms with van der Waals surface area (Å²) in [6, 6.07) is 14.5. The summed E-state index contributed by atoms with van der Waals surface area (Å²) in [5, 5.41) is 6.40. The third-order valence-electron chi connectivity index (χ3n) is 5.84. The molecule has 2 aliphatic heterocycles. The van der Waals surface area contributed by atoms with E-state index in [1.165, 1.54) is 0 Å². The van der Waals surface area contributed by atoms with E-state index >= 15 is 0 Å². The molecule has 4 heterocycles. The highest BCUT2D eigenvalue weighted by Gasteiger charge is 2.32. The Kier molecular flexibility index (Phi) is 7.71. The average Bonchev–Trinajstić information content (AvgIpc) is 3.45. The number of likely N-dealkylation sites (tertiary alicyclic amines) is 1. The Morgan fingerprint density at radius 1 is 1.07 bits per heavy atom. The van der Waals surface area contributed by atoms with Crippen LogP contribution < -0.4 is 5.32 Å². The summed E-state index contributed by atoms with van der Waals surface area (Å²) in [5.74, 6) is 0.133. The van der Waals surface area contributed by atoms with Crippen LogP contribution in [0.4, 0.5) is 0 Å². The Hall–Kier alpha value is -1.70. The summed E-state index contributed by atoms with van der Waals surface area (Å²) in [6.07, 6.45) is 1.06. The van der Waals surface area contributed by atoms with E-state index in [9.17, 15) is 4.79 Å². The number of aromatic nitrogens is 1. The van der Waals surface area contributed by atoms with Gasteiger partial charge in [-0.15, -0.1) is 36.2 Å². The van der Waals surface area contributed by atoms with Crippen molar-refractivity contribution >= 4 is 53.0 Å². The minimum absolute atomic E-state index is 0. The number of para-hydroxylation sites is 1. The highest BCUT2D eigenvalue weighted by atomic mass is 35.5. The third kappa shape index (κ3) is 4.48. The second-order valence-corrected chi connectivity index (χ2v) is 8.48. The molecule has 2 aliphatic rings. The number of nitrogens with one attached hydrogen (secondary N) is 1. The molecule has 3 aromatic rings. The van der Waals surface area contributed by atoms with Gasteiger partial charge in [0.15, 0.2) is 0 Å². The number of fused-ring (bicyclic) bond motifs is 1. The lowest BCUT2D eigenvalue weighted by molar-refractivity contribution is 0.0775. The summed E-state index contributed by atoms with van der Waals surface area (Å²) in [4.78, 5) is 23.9. The van der Waals surface area contributed by atoms with Gasteiger partial charge in [-0.1, -0.05) is 24.3 Å². The number of hydrogen-bond donors (Lipinski definition) is 1. The molecule has 0 saturated carbocycles.